The number of hydrogen-bond acceptors (Lipinski definition) is 4. The van der Waals surface area contributed by atoms with Gasteiger partial charge in [-0.05, 0) is 68.2 Å². The Labute approximate surface area is 208 Å². The molecule has 3 aliphatic rings. The van der Waals surface area contributed by atoms with Crippen molar-refractivity contribution in [3.05, 3.63) is 63.4 Å². The lowest BCUT2D eigenvalue weighted by Gasteiger charge is -2.31. The molecular formula is C25H27Cl2FN4O2. The van der Waals surface area contributed by atoms with E-state index in [2.05, 4.69) is 20.9 Å². The van der Waals surface area contributed by atoms with Gasteiger partial charge in [0.1, 0.15) is 5.82 Å². The van der Waals surface area contributed by atoms with Crippen molar-refractivity contribution in [1.29, 1.82) is 0 Å². The molecule has 2 saturated heterocycles. The summed E-state index contributed by atoms with van der Waals surface area (Å²) >= 11 is 12.3. The van der Waals surface area contributed by atoms with Crippen LogP contribution in [0.3, 0.4) is 0 Å². The number of benzene rings is 2. The highest BCUT2D eigenvalue weighted by atomic mass is 35.5. The molecule has 3 aliphatic heterocycles. The second-order valence-corrected chi connectivity index (χ2v) is 10.1. The molecule has 3 atom stereocenters. The first-order valence-electron chi connectivity index (χ1n) is 11.7. The van der Waals surface area contributed by atoms with Crippen LogP contribution in [0, 0.1) is 5.82 Å². The molecule has 0 aliphatic carbocycles. The number of fused-ring (bicyclic) bond motifs is 2. The van der Waals surface area contributed by atoms with E-state index in [9.17, 15) is 9.59 Å². The normalized spacial score (nSPS) is 26.1. The molecule has 0 saturated carbocycles. The Morgan fingerprint density at radius 3 is 2.79 bits per heavy atom. The Balaban J connectivity index is 1.45. The lowest BCUT2D eigenvalue weighted by molar-refractivity contribution is -0.123. The van der Waals surface area contributed by atoms with Crippen LogP contribution < -0.4 is 16.0 Å². The van der Waals surface area contributed by atoms with E-state index in [-0.39, 0.29) is 28.9 Å². The largest absolute Gasteiger partial charge is 0.355 e. The molecule has 3 heterocycles. The molecule has 5 rings (SSSR count). The summed E-state index contributed by atoms with van der Waals surface area (Å²) in [6.07, 6.45) is 3.28. The number of anilines is 1. The minimum Gasteiger partial charge on any atom is -0.355 e. The maximum Gasteiger partial charge on any atom is 0.237 e. The van der Waals surface area contributed by atoms with Gasteiger partial charge in [-0.2, -0.15) is 0 Å². The molecule has 0 radical (unpaired) electrons. The fourth-order valence-corrected chi connectivity index (χ4v) is 6.07. The highest BCUT2D eigenvalue weighted by molar-refractivity contribution is 6.31. The van der Waals surface area contributed by atoms with E-state index in [1.54, 1.807) is 30.3 Å². The van der Waals surface area contributed by atoms with Crippen LogP contribution in [0.5, 0.6) is 0 Å². The molecule has 2 aromatic rings. The zero-order chi connectivity index (χ0) is 23.9. The number of nitrogens with zero attached hydrogens (tertiary/aromatic N) is 1. The van der Waals surface area contributed by atoms with E-state index >= 15 is 4.39 Å². The highest BCUT2D eigenvalue weighted by Gasteiger charge is 2.61. The minimum atomic E-state index is -1.16. The van der Waals surface area contributed by atoms with Gasteiger partial charge in [-0.25, -0.2) is 4.39 Å². The second-order valence-electron chi connectivity index (χ2n) is 9.29. The van der Waals surface area contributed by atoms with Crippen LogP contribution >= 0.6 is 23.2 Å². The second kappa shape index (κ2) is 9.46. The van der Waals surface area contributed by atoms with Gasteiger partial charge in [0.15, 0.2) is 0 Å². The molecule has 2 fully saturated rings. The van der Waals surface area contributed by atoms with E-state index in [0.29, 0.717) is 22.8 Å². The van der Waals surface area contributed by atoms with Gasteiger partial charge in [-0.1, -0.05) is 41.4 Å². The number of hydrogen-bond donors (Lipinski definition) is 3. The Morgan fingerprint density at radius 2 is 2.00 bits per heavy atom. The van der Waals surface area contributed by atoms with Gasteiger partial charge < -0.3 is 20.9 Å². The van der Waals surface area contributed by atoms with E-state index in [4.69, 9.17) is 23.2 Å². The Morgan fingerprint density at radius 1 is 1.21 bits per heavy atom. The summed E-state index contributed by atoms with van der Waals surface area (Å²) in [4.78, 5) is 29.2. The van der Waals surface area contributed by atoms with Crippen molar-refractivity contribution in [2.24, 2.45) is 0 Å². The first kappa shape index (κ1) is 23.5. The van der Waals surface area contributed by atoms with Gasteiger partial charge in [0.2, 0.25) is 11.8 Å². The summed E-state index contributed by atoms with van der Waals surface area (Å²) < 4.78 is 15.3. The Kier molecular flexibility index (Phi) is 6.55. The van der Waals surface area contributed by atoms with Gasteiger partial charge >= 0.3 is 0 Å². The van der Waals surface area contributed by atoms with Crippen LogP contribution in [0.15, 0.2) is 36.4 Å². The SMILES string of the molecule is O=C(NCCCN1CCCC1)[C@@H]1NC[C@]2(C(=O)Nc3cc(Cl)ccc32)[C@H]1c1cccc(Cl)c1F. The topological polar surface area (TPSA) is 73.5 Å². The first-order valence-corrected chi connectivity index (χ1v) is 12.5. The molecule has 2 amide bonds. The Hall–Kier alpha value is -2.19. The van der Waals surface area contributed by atoms with Gasteiger partial charge in [0, 0.05) is 29.7 Å². The number of carbonyl (C=O) groups is 2. The fraction of sp³-hybridized carbons (Fsp3) is 0.440. The van der Waals surface area contributed by atoms with Gasteiger partial charge in [0.05, 0.1) is 16.5 Å². The molecule has 2 aromatic carbocycles. The lowest BCUT2D eigenvalue weighted by Crippen LogP contribution is -2.46. The average molecular weight is 505 g/mol. The molecule has 180 valence electrons. The first-order chi connectivity index (χ1) is 16.4. The van der Waals surface area contributed by atoms with Crippen LogP contribution in [0.2, 0.25) is 10.0 Å². The zero-order valence-corrected chi connectivity index (χ0v) is 20.2. The number of likely N-dealkylation sites (tertiary alicyclic amines) is 1. The summed E-state index contributed by atoms with van der Waals surface area (Å²) in [6.45, 7) is 3.86. The summed E-state index contributed by atoms with van der Waals surface area (Å²) in [7, 11) is 0. The maximum absolute atomic E-state index is 15.3. The summed E-state index contributed by atoms with van der Waals surface area (Å²) in [5.41, 5.74) is 0.359. The molecular weight excluding hydrogens is 478 g/mol. The van der Waals surface area contributed by atoms with Crippen molar-refractivity contribution in [3.63, 3.8) is 0 Å². The van der Waals surface area contributed by atoms with Crippen molar-refractivity contribution >= 4 is 40.7 Å². The average Bonchev–Trinajstić information content (AvgIpc) is 3.53. The van der Waals surface area contributed by atoms with Crippen molar-refractivity contribution in [2.75, 3.05) is 38.0 Å². The smallest absolute Gasteiger partial charge is 0.237 e. The number of nitrogens with one attached hydrogen (secondary N) is 3. The molecule has 0 bridgehead atoms. The predicted molar refractivity (Wildman–Crippen MR) is 131 cm³/mol. The van der Waals surface area contributed by atoms with E-state index < -0.39 is 23.2 Å². The van der Waals surface area contributed by atoms with Gasteiger partial charge in [0.25, 0.3) is 0 Å². The number of rotatable bonds is 6. The quantitative estimate of drug-likeness (QED) is 0.524. The summed E-state index contributed by atoms with van der Waals surface area (Å²) in [5, 5.41) is 9.56. The van der Waals surface area contributed by atoms with Crippen LogP contribution in [-0.2, 0) is 15.0 Å². The van der Waals surface area contributed by atoms with Gasteiger partial charge in [-0.15, -0.1) is 0 Å². The molecule has 0 aromatic heterocycles. The zero-order valence-electron chi connectivity index (χ0n) is 18.7. The molecule has 34 heavy (non-hydrogen) atoms. The van der Waals surface area contributed by atoms with Crippen molar-refractivity contribution in [3.8, 4) is 0 Å². The molecule has 9 heteroatoms. The third kappa shape index (κ3) is 3.98. The Bertz CT molecular complexity index is 1120. The molecule has 3 N–H and O–H groups in total. The van der Waals surface area contributed by atoms with Crippen molar-refractivity contribution < 1.29 is 14.0 Å². The van der Waals surface area contributed by atoms with E-state index in [1.807, 2.05) is 0 Å². The van der Waals surface area contributed by atoms with Crippen LogP contribution in [0.4, 0.5) is 10.1 Å². The van der Waals surface area contributed by atoms with Crippen LogP contribution in [-0.4, -0.2) is 55.5 Å². The summed E-state index contributed by atoms with van der Waals surface area (Å²) in [5.74, 6) is -1.93. The van der Waals surface area contributed by atoms with E-state index in [1.165, 1.54) is 18.9 Å². The third-order valence-electron chi connectivity index (χ3n) is 7.33. The highest BCUT2D eigenvalue weighted by Crippen LogP contribution is 2.52. The minimum absolute atomic E-state index is 0.0425. The third-order valence-corrected chi connectivity index (χ3v) is 7.86. The monoisotopic (exact) mass is 504 g/mol. The van der Waals surface area contributed by atoms with Crippen molar-refractivity contribution in [2.45, 2.75) is 36.6 Å². The van der Waals surface area contributed by atoms with Crippen LogP contribution in [0.25, 0.3) is 0 Å². The fourth-order valence-electron chi connectivity index (χ4n) is 5.71. The predicted octanol–water partition coefficient (Wildman–Crippen LogP) is 3.68. The van der Waals surface area contributed by atoms with Gasteiger partial charge in [-0.3, -0.25) is 9.59 Å². The molecule has 0 unspecified atom stereocenters. The maximum atomic E-state index is 15.3. The van der Waals surface area contributed by atoms with E-state index in [0.717, 1.165) is 26.1 Å². The standard InChI is InChI=1S/C25H27Cl2FN4O2/c26-15-7-8-17-19(13-15)31-24(34)25(17)14-30-22(20(25)16-5-3-6-18(27)21(16)28)23(33)29-9-4-12-32-10-1-2-11-32/h3,5-8,13,20,22,30H,1-2,4,9-12,14H2,(H,29,33)(H,31,34)/t20-,22+,25+/m0/s1. The number of carbonyl (C=O) groups excluding carboxylic acids is 2. The van der Waals surface area contributed by atoms with Crippen molar-refractivity contribution in [1.82, 2.24) is 15.5 Å². The molecule has 6 nitrogen and oxygen atoms in total. The molecule has 1 spiro atoms. The number of amides is 2. The van der Waals surface area contributed by atoms with Crippen LogP contribution in [0.1, 0.15) is 36.3 Å². The number of halogens is 3. The summed E-state index contributed by atoms with van der Waals surface area (Å²) in [6, 6.07) is 9.09. The lowest BCUT2D eigenvalue weighted by atomic mass is 9.68.